The lowest BCUT2D eigenvalue weighted by molar-refractivity contribution is -0.144. The highest BCUT2D eigenvalue weighted by molar-refractivity contribution is 6.04. The normalized spacial score (nSPS) is 40.1. The van der Waals surface area contributed by atoms with Crippen LogP contribution in [-0.4, -0.2) is 24.1 Å². The van der Waals surface area contributed by atoms with Crippen LogP contribution in [0.25, 0.3) is 0 Å². The van der Waals surface area contributed by atoms with Crippen molar-refractivity contribution in [2.24, 2.45) is 44.3 Å². The summed E-state index contributed by atoms with van der Waals surface area (Å²) in [4.78, 5) is 39.9. The van der Waals surface area contributed by atoms with Gasteiger partial charge < -0.3 is 4.74 Å². The Morgan fingerprint density at radius 3 is 2.24 bits per heavy atom. The van der Waals surface area contributed by atoms with Gasteiger partial charge in [-0.05, 0) is 98.4 Å². The van der Waals surface area contributed by atoms with Gasteiger partial charge in [0.25, 0.3) is 0 Å². The standard InChI is InChI=1S/C36H53NO4/c1-10-41-29(39)13-15-33(6)18-17-31(2,3)14-11-25-26(38)21-28-34(7)22-24(23-37)30(40)32(4,5)27(34)12-16-36(28,9)35(25,8)20-19-33/h21-22,25,27H,10-20H2,1-9H3/t25?,27-,33-,34-,35+,36+/m0/s1. The zero-order valence-corrected chi connectivity index (χ0v) is 27.2. The second-order valence-corrected chi connectivity index (χ2v) is 16.2. The third kappa shape index (κ3) is 5.16. The van der Waals surface area contributed by atoms with E-state index in [0.29, 0.717) is 13.0 Å². The van der Waals surface area contributed by atoms with Gasteiger partial charge in [0.2, 0.25) is 0 Å². The third-order valence-corrected chi connectivity index (χ3v) is 12.8. The Bertz CT molecular complexity index is 1220. The number of nitriles is 1. The van der Waals surface area contributed by atoms with Gasteiger partial charge in [0.1, 0.15) is 6.07 Å². The van der Waals surface area contributed by atoms with Crippen LogP contribution in [0, 0.1) is 55.7 Å². The summed E-state index contributed by atoms with van der Waals surface area (Å²) in [5, 5.41) is 9.95. The number of ketones is 2. The Kier molecular flexibility index (Phi) is 8.12. The molecule has 0 heterocycles. The first-order chi connectivity index (χ1) is 18.9. The molecular weight excluding hydrogens is 510 g/mol. The number of rotatable bonds is 4. The monoisotopic (exact) mass is 563 g/mol. The van der Waals surface area contributed by atoms with E-state index in [4.69, 9.17) is 4.74 Å². The Morgan fingerprint density at radius 1 is 0.951 bits per heavy atom. The molecule has 1 unspecified atom stereocenters. The SMILES string of the molecule is CCOC(=O)CC[C@@]1(C)CCC(C)(C)CCC2C(=O)C=C3[C@@]4(C)C=C(C#N)C(=O)C(C)(C)[C@@H]4CC[C@@]3(C)[C@]2(C)CC1. The van der Waals surface area contributed by atoms with Crippen molar-refractivity contribution in [3.05, 3.63) is 23.3 Å². The van der Waals surface area contributed by atoms with E-state index < -0.39 is 10.8 Å². The lowest BCUT2D eigenvalue weighted by Crippen LogP contribution is -2.60. The summed E-state index contributed by atoms with van der Waals surface area (Å²) in [5.41, 5.74) is -0.256. The van der Waals surface area contributed by atoms with Crippen LogP contribution >= 0.6 is 0 Å². The Labute approximate surface area is 248 Å². The van der Waals surface area contributed by atoms with Gasteiger partial charge in [-0.15, -0.1) is 0 Å². The maximum absolute atomic E-state index is 14.3. The van der Waals surface area contributed by atoms with Crippen molar-refractivity contribution in [3.8, 4) is 6.07 Å². The van der Waals surface area contributed by atoms with Crippen molar-refractivity contribution in [2.45, 2.75) is 127 Å². The summed E-state index contributed by atoms with van der Waals surface area (Å²) < 4.78 is 5.29. The molecule has 2 fully saturated rings. The molecule has 2 saturated carbocycles. The quantitative estimate of drug-likeness (QED) is 0.321. The van der Waals surface area contributed by atoms with Gasteiger partial charge in [0, 0.05) is 23.2 Å². The minimum atomic E-state index is -0.663. The molecule has 41 heavy (non-hydrogen) atoms. The first-order valence-electron chi connectivity index (χ1n) is 16.0. The highest BCUT2D eigenvalue weighted by Crippen LogP contribution is 2.70. The minimum absolute atomic E-state index is 0.0239. The molecule has 5 nitrogen and oxygen atoms in total. The number of carbonyl (C=O) groups excluding carboxylic acids is 3. The van der Waals surface area contributed by atoms with E-state index in [0.717, 1.165) is 63.4 Å². The van der Waals surface area contributed by atoms with Crippen LogP contribution in [0.5, 0.6) is 0 Å². The number of carbonyl (C=O) groups is 3. The Hall–Kier alpha value is -2.22. The topological polar surface area (TPSA) is 84.2 Å². The van der Waals surface area contributed by atoms with E-state index in [1.165, 1.54) is 0 Å². The summed E-state index contributed by atoms with van der Waals surface area (Å²) in [6, 6.07) is 2.20. The summed E-state index contributed by atoms with van der Waals surface area (Å²) in [7, 11) is 0. The van der Waals surface area contributed by atoms with Crippen molar-refractivity contribution in [1.29, 1.82) is 5.26 Å². The van der Waals surface area contributed by atoms with Crippen molar-refractivity contribution < 1.29 is 19.1 Å². The van der Waals surface area contributed by atoms with E-state index in [9.17, 15) is 19.6 Å². The van der Waals surface area contributed by atoms with E-state index in [1.54, 1.807) is 0 Å². The predicted molar refractivity (Wildman–Crippen MR) is 162 cm³/mol. The van der Waals surface area contributed by atoms with Crippen LogP contribution in [0.15, 0.2) is 23.3 Å². The summed E-state index contributed by atoms with van der Waals surface area (Å²) in [6.07, 6.45) is 12.8. The molecule has 0 bridgehead atoms. The van der Waals surface area contributed by atoms with Gasteiger partial charge in [-0.2, -0.15) is 5.26 Å². The van der Waals surface area contributed by atoms with Crippen LogP contribution in [0.3, 0.4) is 0 Å². The van der Waals surface area contributed by atoms with Gasteiger partial charge in [0.05, 0.1) is 12.2 Å². The molecule has 4 rings (SSSR count). The second-order valence-electron chi connectivity index (χ2n) is 16.2. The van der Waals surface area contributed by atoms with Crippen molar-refractivity contribution in [1.82, 2.24) is 0 Å². The molecule has 0 aromatic heterocycles. The maximum atomic E-state index is 14.3. The number of Topliss-reactive ketones (excluding diaryl/α,β-unsaturated/α-hetero) is 1. The molecule has 0 N–H and O–H groups in total. The van der Waals surface area contributed by atoms with Crippen LogP contribution in [0.1, 0.15) is 127 Å². The molecular formula is C36H53NO4. The molecule has 4 aliphatic rings. The van der Waals surface area contributed by atoms with Crippen LogP contribution in [0.4, 0.5) is 0 Å². The zero-order chi connectivity index (χ0) is 30.6. The van der Waals surface area contributed by atoms with Crippen LogP contribution in [-0.2, 0) is 19.1 Å². The lowest BCUT2D eigenvalue weighted by atomic mass is 9.38. The molecule has 0 aromatic carbocycles. The highest BCUT2D eigenvalue weighted by atomic mass is 16.5. The number of hydrogen-bond donors (Lipinski definition) is 0. The van der Waals surface area contributed by atoms with E-state index in [-0.39, 0.29) is 56.6 Å². The highest BCUT2D eigenvalue weighted by Gasteiger charge is 2.65. The summed E-state index contributed by atoms with van der Waals surface area (Å²) >= 11 is 0. The molecule has 0 saturated heterocycles. The minimum Gasteiger partial charge on any atom is -0.466 e. The summed E-state index contributed by atoms with van der Waals surface area (Å²) in [5.74, 6) is -0.00911. The van der Waals surface area contributed by atoms with E-state index in [2.05, 4.69) is 47.6 Å². The third-order valence-electron chi connectivity index (χ3n) is 12.8. The van der Waals surface area contributed by atoms with Gasteiger partial charge in [-0.3, -0.25) is 14.4 Å². The smallest absolute Gasteiger partial charge is 0.305 e. The first kappa shape index (κ1) is 31.7. The predicted octanol–water partition coefficient (Wildman–Crippen LogP) is 8.33. The molecule has 6 atom stereocenters. The number of nitrogens with zero attached hydrogens (tertiary/aromatic N) is 1. The molecule has 5 heteroatoms. The zero-order valence-electron chi connectivity index (χ0n) is 27.2. The molecule has 0 amide bonds. The number of ether oxygens (including phenoxy) is 1. The van der Waals surface area contributed by atoms with Crippen molar-refractivity contribution >= 4 is 17.5 Å². The van der Waals surface area contributed by atoms with E-state index >= 15 is 0 Å². The lowest BCUT2D eigenvalue weighted by Gasteiger charge is -2.65. The van der Waals surface area contributed by atoms with Gasteiger partial charge in [-0.25, -0.2) is 0 Å². The first-order valence-corrected chi connectivity index (χ1v) is 16.0. The number of allylic oxidation sites excluding steroid dienone is 4. The fourth-order valence-electron chi connectivity index (χ4n) is 9.53. The van der Waals surface area contributed by atoms with Gasteiger partial charge in [-0.1, -0.05) is 67.0 Å². The molecule has 0 aromatic rings. The Balaban J connectivity index is 1.81. The van der Waals surface area contributed by atoms with Crippen molar-refractivity contribution in [2.75, 3.05) is 6.61 Å². The Morgan fingerprint density at radius 2 is 1.61 bits per heavy atom. The van der Waals surface area contributed by atoms with Crippen LogP contribution < -0.4 is 0 Å². The number of fused-ring (bicyclic) bond motifs is 5. The van der Waals surface area contributed by atoms with Gasteiger partial charge >= 0.3 is 5.97 Å². The molecule has 4 aliphatic carbocycles. The molecule has 0 radical (unpaired) electrons. The fraction of sp³-hybridized carbons (Fsp3) is 0.778. The average molecular weight is 564 g/mol. The molecule has 0 aliphatic heterocycles. The fourth-order valence-corrected chi connectivity index (χ4v) is 9.53. The summed E-state index contributed by atoms with van der Waals surface area (Å²) in [6.45, 7) is 20.1. The average Bonchev–Trinajstić information content (AvgIpc) is 2.89. The van der Waals surface area contributed by atoms with Gasteiger partial charge in [0.15, 0.2) is 11.6 Å². The molecule has 0 spiro atoms. The number of hydrogen-bond acceptors (Lipinski definition) is 5. The second kappa shape index (κ2) is 10.5. The van der Waals surface area contributed by atoms with E-state index in [1.807, 2.05) is 32.9 Å². The maximum Gasteiger partial charge on any atom is 0.305 e. The number of esters is 1. The largest absolute Gasteiger partial charge is 0.466 e. The van der Waals surface area contributed by atoms with Crippen molar-refractivity contribution in [3.63, 3.8) is 0 Å². The van der Waals surface area contributed by atoms with Crippen LogP contribution in [0.2, 0.25) is 0 Å². The molecule has 226 valence electrons.